The Labute approximate surface area is 218 Å². The monoisotopic (exact) mass is 532 g/mol. The van der Waals surface area contributed by atoms with Crippen LogP contribution in [0.2, 0.25) is 0 Å². The second-order valence-corrected chi connectivity index (χ2v) is 9.83. The van der Waals surface area contributed by atoms with Gasteiger partial charge in [-0.15, -0.1) is 0 Å². The second kappa shape index (κ2) is 11.6. The van der Waals surface area contributed by atoms with Crippen molar-refractivity contribution in [2.75, 3.05) is 4.90 Å². The third-order valence-corrected chi connectivity index (χ3v) is 5.57. The highest BCUT2D eigenvalue weighted by Crippen LogP contribution is 2.41. The number of nitro groups is 1. The minimum atomic E-state index is -4.83. The van der Waals surface area contributed by atoms with Crippen LogP contribution < -0.4 is 4.90 Å². The molecule has 0 saturated heterocycles. The van der Waals surface area contributed by atoms with E-state index in [2.05, 4.69) is 0 Å². The molecule has 0 radical (unpaired) electrons. The number of carbonyl (C=O) groups is 1. The van der Waals surface area contributed by atoms with E-state index in [1.54, 1.807) is 60.7 Å². The van der Waals surface area contributed by atoms with Crippen molar-refractivity contribution in [2.24, 2.45) is 0 Å². The lowest BCUT2D eigenvalue weighted by molar-refractivity contribution is -0.384. The highest BCUT2D eigenvalue weighted by Gasteiger charge is 2.41. The number of alkyl halides is 3. The van der Waals surface area contributed by atoms with Crippen molar-refractivity contribution in [1.29, 1.82) is 0 Å². The fourth-order valence-corrected chi connectivity index (χ4v) is 4.03. The summed E-state index contributed by atoms with van der Waals surface area (Å²) in [6, 6.07) is 19.3. The zero-order valence-corrected chi connectivity index (χ0v) is 21.2. The number of hydrogen-bond donors (Lipinski definition) is 0. The average Bonchev–Trinajstić information content (AvgIpc) is 2.82. The summed E-state index contributed by atoms with van der Waals surface area (Å²) in [7, 11) is 0. The largest absolute Gasteiger partial charge is 0.459 e. The first kappa shape index (κ1) is 28.6. The number of ether oxygens (including phenoxy) is 1. The molecule has 38 heavy (non-hydrogen) atoms. The lowest BCUT2D eigenvalue weighted by Crippen LogP contribution is -2.31. The Morgan fingerprint density at radius 2 is 1.42 bits per heavy atom. The number of nitrogens with zero attached hydrogens (tertiary/aromatic N) is 2. The van der Waals surface area contributed by atoms with Gasteiger partial charge in [-0.3, -0.25) is 14.9 Å². The van der Waals surface area contributed by atoms with E-state index in [4.69, 9.17) is 4.74 Å². The van der Waals surface area contributed by atoms with Crippen LogP contribution in [-0.4, -0.2) is 22.7 Å². The first-order chi connectivity index (χ1) is 17.7. The maximum Gasteiger partial charge on any atom is 0.390 e. The summed E-state index contributed by atoms with van der Waals surface area (Å²) in [4.78, 5) is 25.4. The van der Waals surface area contributed by atoms with Gasteiger partial charge in [-0.2, -0.15) is 13.2 Å². The molecule has 0 N–H and O–H groups in total. The van der Waals surface area contributed by atoms with E-state index in [-0.39, 0.29) is 13.1 Å². The molecule has 10 heteroatoms. The molecule has 0 aromatic heterocycles. The number of benzene rings is 3. The molecule has 0 heterocycles. The third-order valence-electron chi connectivity index (χ3n) is 5.57. The minimum absolute atomic E-state index is 0.0212. The predicted octanol–water partition coefficient (Wildman–Crippen LogP) is 7.32. The number of carbonyl (C=O) groups excluding carboxylic acids is 1. The first-order valence-electron chi connectivity index (χ1n) is 11.8. The molecule has 0 aliphatic heterocycles. The minimum Gasteiger partial charge on any atom is -0.459 e. The quantitative estimate of drug-likeness (QED) is 0.125. The van der Waals surface area contributed by atoms with Crippen LogP contribution >= 0.6 is 0 Å². The van der Waals surface area contributed by atoms with E-state index in [0.29, 0.717) is 11.1 Å². The Bertz CT molecular complexity index is 1220. The molecule has 0 aliphatic rings. The number of esters is 1. The lowest BCUT2D eigenvalue weighted by Gasteiger charge is -2.28. The second-order valence-electron chi connectivity index (χ2n) is 9.83. The molecule has 0 aliphatic carbocycles. The normalized spacial score (nSPS) is 12.6. The number of rotatable bonds is 9. The topological polar surface area (TPSA) is 72.7 Å². The summed E-state index contributed by atoms with van der Waals surface area (Å²) in [6.45, 7) is 4.48. The van der Waals surface area contributed by atoms with Gasteiger partial charge in [-0.05, 0) is 38.0 Å². The summed E-state index contributed by atoms with van der Waals surface area (Å²) >= 11 is 0. The van der Waals surface area contributed by atoms with Crippen molar-refractivity contribution in [3.8, 4) is 0 Å². The Kier molecular flexibility index (Phi) is 8.75. The van der Waals surface area contributed by atoms with Crippen LogP contribution in [0.25, 0.3) is 0 Å². The van der Waals surface area contributed by atoms with Gasteiger partial charge < -0.3 is 9.64 Å². The van der Waals surface area contributed by atoms with Crippen LogP contribution in [0.4, 0.5) is 28.9 Å². The molecule has 0 bridgehead atoms. The van der Waals surface area contributed by atoms with Gasteiger partial charge in [0.1, 0.15) is 5.60 Å². The summed E-state index contributed by atoms with van der Waals surface area (Å²) in [5.74, 6) is -4.60. The summed E-state index contributed by atoms with van der Waals surface area (Å²) in [6.07, 6.45) is -6.52. The summed E-state index contributed by atoms with van der Waals surface area (Å²) < 4.78 is 61.9. The molecular weight excluding hydrogens is 504 g/mol. The molecule has 1 atom stereocenters. The molecule has 3 aromatic rings. The van der Waals surface area contributed by atoms with Gasteiger partial charge in [0.25, 0.3) is 5.69 Å². The van der Waals surface area contributed by atoms with Gasteiger partial charge >= 0.3 is 12.1 Å². The summed E-state index contributed by atoms with van der Waals surface area (Å²) in [5.41, 5.74) is -1.50. The molecule has 3 aromatic carbocycles. The first-order valence-corrected chi connectivity index (χ1v) is 11.8. The molecule has 0 spiro atoms. The Balaban J connectivity index is 2.20. The zero-order valence-electron chi connectivity index (χ0n) is 21.2. The maximum absolute atomic E-state index is 16.2. The Hall–Kier alpha value is -3.95. The molecule has 0 amide bonds. The fourth-order valence-electron chi connectivity index (χ4n) is 4.03. The highest BCUT2D eigenvalue weighted by molar-refractivity contribution is 5.80. The zero-order chi connectivity index (χ0) is 28.1. The van der Waals surface area contributed by atoms with Crippen LogP contribution in [0, 0.1) is 15.9 Å². The number of hydrogen-bond acceptors (Lipinski definition) is 5. The van der Waals surface area contributed by atoms with E-state index in [0.717, 1.165) is 12.1 Å². The highest BCUT2D eigenvalue weighted by atomic mass is 19.4. The average molecular weight is 533 g/mol. The SMILES string of the molecule is CC(C)(C)OC(=O)C(CC(F)(F)F)c1ccc([N+](=O)[O-])c(N(Cc2ccccc2)Cc2ccccc2)c1F. The van der Waals surface area contributed by atoms with Gasteiger partial charge in [0, 0.05) is 24.7 Å². The molecule has 6 nitrogen and oxygen atoms in total. The smallest absolute Gasteiger partial charge is 0.390 e. The van der Waals surface area contributed by atoms with Crippen molar-refractivity contribution >= 4 is 17.3 Å². The van der Waals surface area contributed by atoms with Crippen molar-refractivity contribution in [2.45, 2.75) is 58.0 Å². The van der Waals surface area contributed by atoms with Gasteiger partial charge in [0.2, 0.25) is 0 Å². The summed E-state index contributed by atoms with van der Waals surface area (Å²) in [5, 5.41) is 12.0. The number of halogens is 4. The standard InChI is InChI=1S/C28H28F4N2O4/c1-27(2,3)38-26(35)22(16-28(30,31)32)21-14-15-23(34(36)37)25(24(21)29)33(17-19-10-6-4-7-11-19)18-20-12-8-5-9-13-20/h4-15,22H,16-18H2,1-3H3. The number of anilines is 1. The molecule has 1 unspecified atom stereocenters. The van der Waals surface area contributed by atoms with Crippen LogP contribution in [-0.2, 0) is 22.6 Å². The molecule has 202 valence electrons. The van der Waals surface area contributed by atoms with Gasteiger partial charge in [0.15, 0.2) is 11.5 Å². The van der Waals surface area contributed by atoms with Crippen LogP contribution in [0.15, 0.2) is 72.8 Å². The van der Waals surface area contributed by atoms with Crippen LogP contribution in [0.3, 0.4) is 0 Å². The van der Waals surface area contributed by atoms with Gasteiger partial charge in [-0.25, -0.2) is 4.39 Å². The van der Waals surface area contributed by atoms with Crippen molar-refractivity contribution in [3.05, 3.63) is 105 Å². The Morgan fingerprint density at radius 3 is 1.84 bits per heavy atom. The lowest BCUT2D eigenvalue weighted by atomic mass is 9.93. The van der Waals surface area contributed by atoms with E-state index < -0.39 is 57.8 Å². The molecule has 0 fully saturated rings. The van der Waals surface area contributed by atoms with E-state index in [1.807, 2.05) is 0 Å². The molecule has 3 rings (SSSR count). The van der Waals surface area contributed by atoms with E-state index in [1.165, 1.54) is 25.7 Å². The molecule has 0 saturated carbocycles. The number of nitro benzene ring substituents is 1. The van der Waals surface area contributed by atoms with Crippen molar-refractivity contribution < 1.29 is 32.0 Å². The predicted molar refractivity (Wildman–Crippen MR) is 135 cm³/mol. The van der Waals surface area contributed by atoms with Crippen molar-refractivity contribution in [1.82, 2.24) is 0 Å². The van der Waals surface area contributed by atoms with E-state index >= 15 is 4.39 Å². The van der Waals surface area contributed by atoms with Gasteiger partial charge in [-0.1, -0.05) is 60.7 Å². The van der Waals surface area contributed by atoms with Gasteiger partial charge in [0.05, 0.1) is 17.3 Å². The maximum atomic E-state index is 16.2. The van der Waals surface area contributed by atoms with Crippen LogP contribution in [0.5, 0.6) is 0 Å². The van der Waals surface area contributed by atoms with Crippen molar-refractivity contribution in [3.63, 3.8) is 0 Å². The fraction of sp³-hybridized carbons (Fsp3) is 0.321. The van der Waals surface area contributed by atoms with E-state index in [9.17, 15) is 28.1 Å². The van der Waals surface area contributed by atoms with Crippen LogP contribution in [0.1, 0.15) is 49.8 Å². The Morgan fingerprint density at radius 1 is 0.921 bits per heavy atom. The molecular formula is C28H28F4N2O4. The third kappa shape index (κ3) is 7.77.